The predicted molar refractivity (Wildman–Crippen MR) is 39.1 cm³/mol. The van der Waals surface area contributed by atoms with Gasteiger partial charge in [-0.05, 0) is 0 Å². The van der Waals surface area contributed by atoms with Gasteiger partial charge in [-0.1, -0.05) is 0 Å². The van der Waals surface area contributed by atoms with Crippen molar-refractivity contribution in [3.63, 3.8) is 0 Å². The Morgan fingerprint density at radius 1 is 1.43 bits per heavy atom. The van der Waals surface area contributed by atoms with Crippen molar-refractivity contribution >= 4 is 34.1 Å². The summed E-state index contributed by atoms with van der Waals surface area (Å²) in [6, 6.07) is 0. The molecule has 0 aromatic carbocycles. The maximum absolute atomic E-state index is 6.00. The van der Waals surface area contributed by atoms with Gasteiger partial charge in [-0.2, -0.15) is 0 Å². The summed E-state index contributed by atoms with van der Waals surface area (Å²) in [6.45, 7) is 4.32. The standard InChI is InChI=1S/C5H10Cl.Sn.3H/c1-3-5(6)4-2;;;;/h3-4H2,1-2H3;;;;. The van der Waals surface area contributed by atoms with Gasteiger partial charge in [-0.3, -0.25) is 0 Å². The van der Waals surface area contributed by atoms with E-state index in [2.05, 4.69) is 13.8 Å². The van der Waals surface area contributed by atoms with Gasteiger partial charge in [0.05, 0.1) is 0 Å². The Labute approximate surface area is 63.7 Å². The van der Waals surface area contributed by atoms with E-state index in [0.29, 0.717) is 22.5 Å². The fourth-order valence-electron chi connectivity index (χ4n) is 0.250. The van der Waals surface area contributed by atoms with Crippen LogP contribution >= 0.6 is 11.6 Å². The van der Waals surface area contributed by atoms with Crippen LogP contribution in [0, 0.1) is 0 Å². The third-order valence-electron chi connectivity index (χ3n) is 1.47. The molecule has 0 N–H and O–H groups in total. The van der Waals surface area contributed by atoms with E-state index in [1.807, 2.05) is 0 Å². The van der Waals surface area contributed by atoms with Gasteiger partial charge < -0.3 is 0 Å². The van der Waals surface area contributed by atoms with E-state index >= 15 is 0 Å². The van der Waals surface area contributed by atoms with Gasteiger partial charge in [0.25, 0.3) is 0 Å². The monoisotopic (exact) mass is 228 g/mol. The van der Waals surface area contributed by atoms with E-state index < -0.39 is 0 Å². The van der Waals surface area contributed by atoms with Gasteiger partial charge in [0.1, 0.15) is 0 Å². The third kappa shape index (κ3) is 3.65. The maximum atomic E-state index is 6.00. The first kappa shape index (κ1) is 8.09. The normalized spacial score (nSPS) is 12.4. The minimum atomic E-state index is 0.266. The molecule has 0 fully saturated rings. The number of hydrogen-bond donors (Lipinski definition) is 0. The number of rotatable bonds is 2. The Balaban J connectivity index is 3.36. The summed E-state index contributed by atoms with van der Waals surface area (Å²) < 4.78 is 0.266. The Bertz CT molecular complexity index is 46.0. The van der Waals surface area contributed by atoms with E-state index in [0.717, 1.165) is 12.8 Å². The van der Waals surface area contributed by atoms with E-state index in [9.17, 15) is 0 Å². The van der Waals surface area contributed by atoms with Crippen molar-refractivity contribution in [2.75, 3.05) is 0 Å². The topological polar surface area (TPSA) is 0 Å². The quantitative estimate of drug-likeness (QED) is 0.490. The zero-order valence-electron chi connectivity index (χ0n) is 5.29. The van der Waals surface area contributed by atoms with Crippen molar-refractivity contribution < 1.29 is 0 Å². The van der Waals surface area contributed by atoms with Crippen molar-refractivity contribution in [1.82, 2.24) is 0 Å². The molecule has 0 rings (SSSR count). The van der Waals surface area contributed by atoms with E-state index in [4.69, 9.17) is 11.6 Å². The van der Waals surface area contributed by atoms with Crippen molar-refractivity contribution in [1.29, 1.82) is 0 Å². The van der Waals surface area contributed by atoms with Gasteiger partial charge in [0.15, 0.2) is 0 Å². The van der Waals surface area contributed by atoms with Crippen LogP contribution in [0.5, 0.6) is 0 Å². The molecule has 0 amide bonds. The number of halogens is 1. The second-order valence-electron chi connectivity index (χ2n) is 2.12. The average Bonchev–Trinajstić information content (AvgIpc) is 1.68. The van der Waals surface area contributed by atoms with Crippen LogP contribution in [0.4, 0.5) is 0 Å². The molecular formula is C5H13ClSn. The summed E-state index contributed by atoms with van der Waals surface area (Å²) in [5.74, 6) is 0. The summed E-state index contributed by atoms with van der Waals surface area (Å²) in [6.07, 6.45) is 2.31. The Morgan fingerprint density at radius 2 is 1.71 bits per heavy atom. The SMILES string of the molecule is CC[C](Cl)([SnH3])CC. The molecule has 0 aliphatic carbocycles. The van der Waals surface area contributed by atoms with Gasteiger partial charge in [0.2, 0.25) is 0 Å². The van der Waals surface area contributed by atoms with Crippen LogP contribution in [0.2, 0.25) is 0 Å². The fourth-order valence-corrected chi connectivity index (χ4v) is 0.250. The molecule has 0 aromatic heterocycles. The molecule has 0 aliphatic rings. The van der Waals surface area contributed by atoms with E-state index in [-0.39, 0.29) is 2.89 Å². The zero-order chi connectivity index (χ0) is 5.91. The number of alkyl halides is 1. The van der Waals surface area contributed by atoms with Crippen LogP contribution in [0.3, 0.4) is 0 Å². The second kappa shape index (κ2) is 3.18. The Kier molecular flexibility index (Phi) is 3.68. The molecule has 7 heavy (non-hydrogen) atoms. The minimum absolute atomic E-state index is 0.266. The molecule has 44 valence electrons. The molecule has 0 heterocycles. The van der Waals surface area contributed by atoms with Crippen LogP contribution in [0.15, 0.2) is 0 Å². The second-order valence-corrected chi connectivity index (χ2v) is 10.3. The molecule has 0 atom stereocenters. The van der Waals surface area contributed by atoms with Gasteiger partial charge in [0, 0.05) is 0 Å². The molecular weight excluding hydrogens is 214 g/mol. The third-order valence-corrected chi connectivity index (χ3v) is 6.05. The summed E-state index contributed by atoms with van der Waals surface area (Å²) in [4.78, 5) is 0. The van der Waals surface area contributed by atoms with E-state index in [1.165, 1.54) is 0 Å². The molecule has 0 unspecified atom stereocenters. The molecule has 0 bridgehead atoms. The zero-order valence-corrected chi connectivity index (χ0v) is 11.8. The first-order valence-electron chi connectivity index (χ1n) is 2.81. The predicted octanol–water partition coefficient (Wildman–Crippen LogP) is 1.11. The molecule has 0 spiro atoms. The van der Waals surface area contributed by atoms with Crippen LogP contribution in [0.25, 0.3) is 0 Å². The van der Waals surface area contributed by atoms with Crippen LogP contribution < -0.4 is 0 Å². The van der Waals surface area contributed by atoms with Crippen LogP contribution in [-0.2, 0) is 0 Å². The Hall–Kier alpha value is 1.09. The summed E-state index contributed by atoms with van der Waals surface area (Å²) >= 11 is 6.63. The average molecular weight is 227 g/mol. The van der Waals surface area contributed by atoms with Gasteiger partial charge in [-0.25, -0.2) is 0 Å². The molecule has 0 aromatic rings. The summed E-state index contributed by atoms with van der Waals surface area (Å²) in [7, 11) is 0. The van der Waals surface area contributed by atoms with Gasteiger partial charge in [-0.15, -0.1) is 0 Å². The number of hydrogen-bond acceptors (Lipinski definition) is 0. The first-order chi connectivity index (χ1) is 3.12. The van der Waals surface area contributed by atoms with Crippen LogP contribution in [-0.4, -0.2) is 25.4 Å². The molecule has 2 heteroatoms. The molecule has 0 saturated heterocycles. The summed E-state index contributed by atoms with van der Waals surface area (Å²) in [5.41, 5.74) is 0. The van der Waals surface area contributed by atoms with E-state index in [1.54, 1.807) is 0 Å². The van der Waals surface area contributed by atoms with Crippen molar-refractivity contribution in [3.05, 3.63) is 0 Å². The van der Waals surface area contributed by atoms with Crippen LogP contribution in [0.1, 0.15) is 26.7 Å². The molecule has 0 aliphatic heterocycles. The molecule has 0 nitrogen and oxygen atoms in total. The first-order valence-corrected chi connectivity index (χ1v) is 6.04. The van der Waals surface area contributed by atoms with Gasteiger partial charge >= 0.3 is 63.7 Å². The molecule has 0 saturated carbocycles. The van der Waals surface area contributed by atoms with Crippen molar-refractivity contribution in [2.24, 2.45) is 0 Å². The summed E-state index contributed by atoms with van der Waals surface area (Å²) in [5, 5.41) is 0. The van der Waals surface area contributed by atoms with Crippen molar-refractivity contribution in [2.45, 2.75) is 29.6 Å². The molecule has 0 radical (unpaired) electrons. The Morgan fingerprint density at radius 3 is 1.71 bits per heavy atom. The fraction of sp³-hybridized carbons (Fsp3) is 1.00. The van der Waals surface area contributed by atoms with Crippen molar-refractivity contribution in [3.8, 4) is 0 Å².